The highest BCUT2D eigenvalue weighted by atomic mass is 15.1. The zero-order valence-electron chi connectivity index (χ0n) is 29.6. The predicted molar refractivity (Wildman–Crippen MR) is 206 cm³/mol. The van der Waals surface area contributed by atoms with E-state index < -0.39 is 0 Å². The van der Waals surface area contributed by atoms with Crippen molar-refractivity contribution in [3.05, 3.63) is 150 Å². The molecule has 0 fully saturated rings. The van der Waals surface area contributed by atoms with Gasteiger partial charge in [-0.1, -0.05) is 165 Å². The largest absolute Gasteiger partial charge is 0.310 e. The van der Waals surface area contributed by atoms with Crippen LogP contribution in [-0.4, -0.2) is 0 Å². The molecule has 0 aliphatic carbocycles. The van der Waals surface area contributed by atoms with E-state index in [4.69, 9.17) is 0 Å². The molecule has 6 aromatic rings. The second-order valence-corrected chi connectivity index (χ2v) is 16.0. The molecule has 0 saturated carbocycles. The lowest BCUT2D eigenvalue weighted by Crippen LogP contribution is -2.19. The molecule has 0 N–H and O–H groups in total. The highest BCUT2D eigenvalue weighted by Gasteiger charge is 2.25. The Kier molecular flexibility index (Phi) is 8.39. The van der Waals surface area contributed by atoms with E-state index >= 15 is 0 Å². The van der Waals surface area contributed by atoms with Crippen molar-refractivity contribution in [2.75, 3.05) is 4.90 Å². The monoisotopic (exact) mass is 615 g/mol. The topological polar surface area (TPSA) is 3.24 Å². The molecule has 0 saturated heterocycles. The van der Waals surface area contributed by atoms with Gasteiger partial charge in [0.25, 0.3) is 0 Å². The molecule has 238 valence electrons. The molecule has 0 aliphatic rings. The van der Waals surface area contributed by atoms with Crippen LogP contribution in [0.3, 0.4) is 0 Å². The first-order valence-electron chi connectivity index (χ1n) is 17.0. The Bertz CT molecular complexity index is 1970. The highest BCUT2D eigenvalue weighted by molar-refractivity contribution is 6.08. The van der Waals surface area contributed by atoms with Crippen LogP contribution in [0.2, 0.25) is 0 Å². The van der Waals surface area contributed by atoms with Crippen LogP contribution in [0.1, 0.15) is 79.0 Å². The molecule has 0 unspecified atom stereocenters. The summed E-state index contributed by atoms with van der Waals surface area (Å²) in [5.74, 6) is 0. The second kappa shape index (κ2) is 12.2. The summed E-state index contributed by atoms with van der Waals surface area (Å²) in [4.78, 5) is 2.48. The van der Waals surface area contributed by atoms with E-state index in [1.165, 1.54) is 55.4 Å². The average Bonchev–Trinajstić information content (AvgIpc) is 3.04. The fourth-order valence-corrected chi connectivity index (χ4v) is 6.46. The van der Waals surface area contributed by atoms with Crippen molar-refractivity contribution in [3.8, 4) is 22.3 Å². The molecule has 0 spiro atoms. The third-order valence-electron chi connectivity index (χ3n) is 9.32. The van der Waals surface area contributed by atoms with Crippen LogP contribution in [0, 0.1) is 0 Å². The minimum absolute atomic E-state index is 0.00247. The van der Waals surface area contributed by atoms with E-state index in [2.05, 4.69) is 201 Å². The van der Waals surface area contributed by atoms with Crippen LogP contribution in [-0.2, 0) is 16.2 Å². The Morgan fingerprint density at radius 2 is 0.894 bits per heavy atom. The van der Waals surface area contributed by atoms with Gasteiger partial charge >= 0.3 is 0 Å². The van der Waals surface area contributed by atoms with Crippen LogP contribution in [0.4, 0.5) is 17.1 Å². The Labute approximate surface area is 282 Å². The van der Waals surface area contributed by atoms with Gasteiger partial charge in [-0.15, -0.1) is 0 Å². The van der Waals surface area contributed by atoms with Crippen molar-refractivity contribution < 1.29 is 0 Å². The van der Waals surface area contributed by atoms with E-state index in [1.807, 2.05) is 0 Å². The summed E-state index contributed by atoms with van der Waals surface area (Å²) in [6.07, 6.45) is 0. The molecule has 1 heteroatoms. The van der Waals surface area contributed by atoms with Gasteiger partial charge in [0.05, 0.1) is 5.69 Å². The molecule has 1 nitrogen and oxygen atoms in total. The van der Waals surface area contributed by atoms with Crippen molar-refractivity contribution in [2.45, 2.75) is 78.6 Å². The lowest BCUT2D eigenvalue weighted by atomic mass is 9.80. The average molecular weight is 616 g/mol. The Morgan fingerprint density at radius 3 is 1.47 bits per heavy atom. The number of rotatable bonds is 5. The number of benzene rings is 6. The molecule has 0 aliphatic heterocycles. The summed E-state index contributed by atoms with van der Waals surface area (Å²) >= 11 is 0. The summed E-state index contributed by atoms with van der Waals surface area (Å²) in [6, 6.07) is 49.5. The summed E-state index contributed by atoms with van der Waals surface area (Å²) in [6.45, 7) is 20.7. The summed E-state index contributed by atoms with van der Waals surface area (Å²) < 4.78 is 0. The zero-order valence-corrected chi connectivity index (χ0v) is 29.6. The maximum absolute atomic E-state index is 2.48. The predicted octanol–water partition coefficient (Wildman–Crippen LogP) is 13.5. The third-order valence-corrected chi connectivity index (χ3v) is 9.32. The summed E-state index contributed by atoms with van der Waals surface area (Å²) in [5, 5.41) is 2.51. The first-order chi connectivity index (χ1) is 22.2. The van der Waals surface area contributed by atoms with E-state index in [0.717, 1.165) is 11.4 Å². The maximum atomic E-state index is 2.48. The van der Waals surface area contributed by atoms with E-state index in [9.17, 15) is 0 Å². The normalized spacial score (nSPS) is 12.4. The fraction of sp³-hybridized carbons (Fsp3) is 0.261. The number of anilines is 3. The molecular weight excluding hydrogens is 567 g/mol. The second-order valence-electron chi connectivity index (χ2n) is 16.0. The first-order valence-corrected chi connectivity index (χ1v) is 17.0. The molecule has 6 aromatic carbocycles. The number of nitrogens with zero attached hydrogens (tertiary/aromatic N) is 1. The summed E-state index contributed by atoms with van der Waals surface area (Å²) in [5.41, 5.74) is 12.5. The van der Waals surface area contributed by atoms with Crippen LogP contribution < -0.4 is 4.90 Å². The van der Waals surface area contributed by atoms with Crippen LogP contribution >= 0.6 is 0 Å². The van der Waals surface area contributed by atoms with Crippen LogP contribution in [0.25, 0.3) is 33.0 Å². The first kappa shape index (κ1) is 32.3. The lowest BCUT2D eigenvalue weighted by Gasteiger charge is -2.33. The van der Waals surface area contributed by atoms with E-state index in [-0.39, 0.29) is 16.2 Å². The molecular formula is C46H49N. The Morgan fingerprint density at radius 1 is 0.383 bits per heavy atom. The SMILES string of the molecule is CC(C)(C)c1ccc(N(c2cc(C(C)(C)C)cc(C(C)(C)C)c2)c2ccccc2-c2cccc3cccc(-c4ccccc4)c23)cc1. The van der Waals surface area contributed by atoms with E-state index in [1.54, 1.807) is 0 Å². The standard InChI is InChI=1S/C46H49N/c1-44(2,3)34-25-27-37(28-26-34)47(38-30-35(45(4,5)6)29-36(31-38)46(7,8)9)42-24-14-13-21-40(42)41-23-16-20-33-19-15-22-39(43(33)41)32-17-11-10-12-18-32/h10-31H,1-9H3. The minimum Gasteiger partial charge on any atom is -0.310 e. The van der Waals surface area contributed by atoms with Gasteiger partial charge < -0.3 is 4.90 Å². The lowest BCUT2D eigenvalue weighted by molar-refractivity contribution is 0.568. The quantitative estimate of drug-likeness (QED) is 0.186. The smallest absolute Gasteiger partial charge is 0.0540 e. The maximum Gasteiger partial charge on any atom is 0.0540 e. The molecule has 0 heterocycles. The fourth-order valence-electron chi connectivity index (χ4n) is 6.46. The molecule has 0 aromatic heterocycles. The number of para-hydroxylation sites is 1. The molecule has 47 heavy (non-hydrogen) atoms. The Hall–Kier alpha value is -4.62. The van der Waals surface area contributed by atoms with Gasteiger partial charge in [0.15, 0.2) is 0 Å². The van der Waals surface area contributed by atoms with Crippen molar-refractivity contribution in [1.29, 1.82) is 0 Å². The Balaban J connectivity index is 1.66. The van der Waals surface area contributed by atoms with Crippen molar-refractivity contribution >= 4 is 27.8 Å². The van der Waals surface area contributed by atoms with Gasteiger partial charge in [-0.25, -0.2) is 0 Å². The van der Waals surface area contributed by atoms with Crippen LogP contribution in [0.15, 0.2) is 133 Å². The molecule has 0 radical (unpaired) electrons. The molecule has 0 atom stereocenters. The van der Waals surface area contributed by atoms with Gasteiger partial charge in [0.2, 0.25) is 0 Å². The van der Waals surface area contributed by atoms with Crippen LogP contribution in [0.5, 0.6) is 0 Å². The highest BCUT2D eigenvalue weighted by Crippen LogP contribution is 2.46. The molecule has 6 rings (SSSR count). The number of hydrogen-bond acceptors (Lipinski definition) is 1. The van der Waals surface area contributed by atoms with Gasteiger partial charge in [-0.2, -0.15) is 0 Å². The number of fused-ring (bicyclic) bond motifs is 1. The van der Waals surface area contributed by atoms with Gasteiger partial charge in [-0.3, -0.25) is 0 Å². The van der Waals surface area contributed by atoms with Gasteiger partial charge in [0, 0.05) is 16.9 Å². The van der Waals surface area contributed by atoms with Crippen molar-refractivity contribution in [2.24, 2.45) is 0 Å². The number of hydrogen-bond donors (Lipinski definition) is 0. The van der Waals surface area contributed by atoms with Gasteiger partial charge in [-0.05, 0) is 90.7 Å². The van der Waals surface area contributed by atoms with Crippen molar-refractivity contribution in [1.82, 2.24) is 0 Å². The zero-order chi connectivity index (χ0) is 33.6. The molecule has 0 amide bonds. The van der Waals surface area contributed by atoms with E-state index in [0.29, 0.717) is 0 Å². The minimum atomic E-state index is -0.00247. The molecule has 0 bridgehead atoms. The third kappa shape index (κ3) is 6.63. The van der Waals surface area contributed by atoms with Crippen molar-refractivity contribution in [3.63, 3.8) is 0 Å². The summed E-state index contributed by atoms with van der Waals surface area (Å²) in [7, 11) is 0. The van der Waals surface area contributed by atoms with Gasteiger partial charge in [0.1, 0.15) is 0 Å².